The zero-order chi connectivity index (χ0) is 21.3. The molecule has 3 aromatic rings. The number of ether oxygens (including phenoxy) is 1. The predicted octanol–water partition coefficient (Wildman–Crippen LogP) is 4.01. The maximum absolute atomic E-state index is 13.1. The quantitative estimate of drug-likeness (QED) is 0.653. The number of rotatable bonds is 6. The van der Waals surface area contributed by atoms with Gasteiger partial charge in [-0.2, -0.15) is 0 Å². The van der Waals surface area contributed by atoms with Crippen LogP contribution in [-0.4, -0.2) is 32.6 Å². The second-order valence-electron chi connectivity index (χ2n) is 6.88. The molecule has 29 heavy (non-hydrogen) atoms. The number of benzene rings is 1. The van der Waals surface area contributed by atoms with Crippen molar-refractivity contribution in [2.45, 2.75) is 33.3 Å². The molecule has 8 heteroatoms. The largest absolute Gasteiger partial charge is 0.488 e. The molecule has 1 amide bonds. The van der Waals surface area contributed by atoms with Crippen LogP contribution in [0, 0.1) is 5.82 Å². The third kappa shape index (κ3) is 3.91. The van der Waals surface area contributed by atoms with Crippen LogP contribution < -0.4 is 10.1 Å². The first-order valence-electron chi connectivity index (χ1n) is 9.22. The summed E-state index contributed by atoms with van der Waals surface area (Å²) in [5, 5.41) is 12.9. The van der Waals surface area contributed by atoms with Crippen molar-refractivity contribution in [3.8, 4) is 5.75 Å². The van der Waals surface area contributed by atoms with E-state index in [1.165, 1.54) is 28.8 Å². The number of aryl methyl sites for hydroxylation is 2. The summed E-state index contributed by atoms with van der Waals surface area (Å²) in [5.74, 6) is -1.77. The van der Waals surface area contributed by atoms with Crippen LogP contribution in [0.5, 0.6) is 5.75 Å². The lowest BCUT2D eigenvalue weighted by Gasteiger charge is -2.12. The Morgan fingerprint density at radius 3 is 2.48 bits per heavy atom. The minimum atomic E-state index is -1.13. The summed E-state index contributed by atoms with van der Waals surface area (Å²) in [6.45, 7) is 5.49. The molecule has 0 aliphatic rings. The molecular formula is C21H22FN3O4. The van der Waals surface area contributed by atoms with E-state index in [-0.39, 0.29) is 17.5 Å². The molecule has 2 N–H and O–H groups in total. The topological polar surface area (TPSA) is 93.4 Å². The summed E-state index contributed by atoms with van der Waals surface area (Å²) in [6, 6.07) is 6.87. The second kappa shape index (κ2) is 7.90. The smallest absolute Gasteiger partial charge is 0.356 e. The summed E-state index contributed by atoms with van der Waals surface area (Å²) in [7, 11) is 1.61. The first-order valence-corrected chi connectivity index (χ1v) is 9.22. The van der Waals surface area contributed by atoms with Crippen molar-refractivity contribution in [1.29, 1.82) is 0 Å². The molecule has 0 radical (unpaired) electrons. The van der Waals surface area contributed by atoms with E-state index in [1.807, 2.05) is 6.92 Å². The minimum Gasteiger partial charge on any atom is -0.488 e. The molecule has 0 aliphatic carbocycles. The lowest BCUT2D eigenvalue weighted by atomic mass is 10.1. The molecule has 1 aromatic carbocycles. The monoisotopic (exact) mass is 399 g/mol. The Labute approximate surface area is 167 Å². The van der Waals surface area contributed by atoms with Gasteiger partial charge in [-0.3, -0.25) is 4.79 Å². The Balaban J connectivity index is 2.13. The molecule has 0 bridgehead atoms. The first kappa shape index (κ1) is 20.3. The van der Waals surface area contributed by atoms with Gasteiger partial charge in [-0.15, -0.1) is 0 Å². The summed E-state index contributed by atoms with van der Waals surface area (Å²) in [4.78, 5) is 28.9. The van der Waals surface area contributed by atoms with Crippen molar-refractivity contribution in [2.75, 3.05) is 5.32 Å². The number of carboxylic acid groups (broad SMARTS) is 1. The third-order valence-corrected chi connectivity index (χ3v) is 4.44. The number of aromatic nitrogens is 2. The fourth-order valence-electron chi connectivity index (χ4n) is 3.12. The van der Waals surface area contributed by atoms with Crippen LogP contribution in [0.2, 0.25) is 0 Å². The molecule has 0 spiro atoms. The highest BCUT2D eigenvalue weighted by Crippen LogP contribution is 2.35. The van der Waals surface area contributed by atoms with E-state index in [9.17, 15) is 19.1 Å². The number of fused-ring (bicyclic) bond motifs is 1. The lowest BCUT2D eigenvalue weighted by Crippen LogP contribution is -2.14. The lowest BCUT2D eigenvalue weighted by molar-refractivity contribution is 0.0680. The van der Waals surface area contributed by atoms with Crippen LogP contribution in [0.1, 0.15) is 47.3 Å². The molecule has 0 saturated carbocycles. The molecule has 0 aliphatic heterocycles. The van der Waals surface area contributed by atoms with Crippen LogP contribution in [0.25, 0.3) is 11.0 Å². The Morgan fingerprint density at radius 2 is 1.93 bits per heavy atom. The average molecular weight is 399 g/mol. The number of hydrogen-bond donors (Lipinski definition) is 2. The van der Waals surface area contributed by atoms with E-state index in [0.717, 1.165) is 0 Å². The first-order chi connectivity index (χ1) is 13.7. The van der Waals surface area contributed by atoms with Crippen molar-refractivity contribution in [3.63, 3.8) is 0 Å². The number of carbonyl (C=O) groups is 2. The van der Waals surface area contributed by atoms with E-state index in [0.29, 0.717) is 34.4 Å². The van der Waals surface area contributed by atoms with Crippen LogP contribution in [0.4, 0.5) is 10.1 Å². The number of amides is 1. The number of carboxylic acids is 1. The van der Waals surface area contributed by atoms with Gasteiger partial charge >= 0.3 is 5.97 Å². The number of nitrogens with one attached hydrogen (secondary N) is 1. The molecule has 0 unspecified atom stereocenters. The van der Waals surface area contributed by atoms with Crippen LogP contribution in [-0.2, 0) is 13.5 Å². The number of hydrogen-bond acceptors (Lipinski definition) is 4. The third-order valence-electron chi connectivity index (χ3n) is 4.44. The van der Waals surface area contributed by atoms with Crippen LogP contribution in [0.15, 0.2) is 30.3 Å². The molecular weight excluding hydrogens is 377 g/mol. The zero-order valence-corrected chi connectivity index (χ0v) is 16.6. The van der Waals surface area contributed by atoms with Crippen LogP contribution in [0.3, 0.4) is 0 Å². The highest BCUT2D eigenvalue weighted by Gasteiger charge is 2.25. The fraction of sp³-hybridized carbons (Fsp3) is 0.286. The van der Waals surface area contributed by atoms with Gasteiger partial charge in [-0.25, -0.2) is 14.2 Å². The standard InChI is InChI=1S/C21H22FN3O4/c1-5-15-16(24-20(26)12-6-8-13(22)9-7-12)10-14-18(29-11(2)3)17(21(27)28)25(4)19(14)23-15/h6-11H,5H2,1-4H3,(H,24,26)(H,27,28). The van der Waals surface area contributed by atoms with Gasteiger partial charge in [0.2, 0.25) is 0 Å². The Kier molecular flexibility index (Phi) is 5.54. The Hall–Kier alpha value is -3.42. The van der Waals surface area contributed by atoms with E-state index >= 15 is 0 Å². The molecule has 2 heterocycles. The maximum Gasteiger partial charge on any atom is 0.356 e. The van der Waals surface area contributed by atoms with Crippen molar-refractivity contribution < 1.29 is 23.8 Å². The van der Waals surface area contributed by atoms with Gasteiger partial charge in [0.1, 0.15) is 11.5 Å². The van der Waals surface area contributed by atoms with Crippen molar-refractivity contribution in [1.82, 2.24) is 9.55 Å². The average Bonchev–Trinajstić information content (AvgIpc) is 2.92. The predicted molar refractivity (Wildman–Crippen MR) is 107 cm³/mol. The number of carbonyl (C=O) groups excluding carboxylic acids is 1. The molecule has 152 valence electrons. The van der Waals surface area contributed by atoms with Crippen molar-refractivity contribution in [3.05, 3.63) is 53.1 Å². The van der Waals surface area contributed by atoms with E-state index in [4.69, 9.17) is 4.74 Å². The molecule has 3 rings (SSSR count). The van der Waals surface area contributed by atoms with Gasteiger partial charge in [-0.1, -0.05) is 6.92 Å². The number of nitrogens with zero attached hydrogens (tertiary/aromatic N) is 2. The molecule has 0 saturated heterocycles. The summed E-state index contributed by atoms with van der Waals surface area (Å²) < 4.78 is 20.4. The van der Waals surface area contributed by atoms with Crippen LogP contribution >= 0.6 is 0 Å². The minimum absolute atomic E-state index is 0.00901. The Bertz CT molecular complexity index is 1090. The maximum atomic E-state index is 13.1. The van der Waals surface area contributed by atoms with E-state index in [2.05, 4.69) is 10.3 Å². The summed E-state index contributed by atoms with van der Waals surface area (Å²) in [6.07, 6.45) is 0.268. The van der Waals surface area contributed by atoms with Gasteiger partial charge in [-0.05, 0) is 50.6 Å². The van der Waals surface area contributed by atoms with Gasteiger partial charge in [0.05, 0.1) is 22.9 Å². The molecule has 7 nitrogen and oxygen atoms in total. The summed E-state index contributed by atoms with van der Waals surface area (Å²) in [5.41, 5.74) is 1.79. The van der Waals surface area contributed by atoms with Crippen molar-refractivity contribution in [2.24, 2.45) is 7.05 Å². The second-order valence-corrected chi connectivity index (χ2v) is 6.88. The van der Waals surface area contributed by atoms with Gasteiger partial charge < -0.3 is 19.7 Å². The molecule has 0 fully saturated rings. The van der Waals surface area contributed by atoms with E-state index in [1.54, 1.807) is 27.0 Å². The van der Waals surface area contributed by atoms with Gasteiger partial charge in [0.15, 0.2) is 11.4 Å². The molecule has 0 atom stereocenters. The Morgan fingerprint density at radius 1 is 1.28 bits per heavy atom. The summed E-state index contributed by atoms with van der Waals surface area (Å²) >= 11 is 0. The zero-order valence-electron chi connectivity index (χ0n) is 16.6. The number of halogens is 1. The van der Waals surface area contributed by atoms with Crippen molar-refractivity contribution >= 4 is 28.6 Å². The van der Waals surface area contributed by atoms with Gasteiger partial charge in [0.25, 0.3) is 5.91 Å². The highest BCUT2D eigenvalue weighted by molar-refractivity contribution is 6.06. The SMILES string of the molecule is CCc1nc2c(cc1NC(=O)c1ccc(F)cc1)c(OC(C)C)c(C(=O)O)n2C. The molecule has 2 aromatic heterocycles. The number of aromatic carboxylic acids is 1. The van der Waals surface area contributed by atoms with E-state index < -0.39 is 17.7 Å². The normalized spacial score (nSPS) is 11.1. The number of pyridine rings is 1. The fourth-order valence-corrected chi connectivity index (χ4v) is 3.12. The van der Waals surface area contributed by atoms with Gasteiger partial charge in [0, 0.05) is 12.6 Å². The number of anilines is 1. The highest BCUT2D eigenvalue weighted by atomic mass is 19.1.